The molecule has 2 heterocycles. The van der Waals surface area contributed by atoms with Gasteiger partial charge in [-0.05, 0) is 49.4 Å². The summed E-state index contributed by atoms with van der Waals surface area (Å²) in [5.41, 5.74) is 2.16. The number of pyridine rings is 1. The Hall–Kier alpha value is -0.190. The van der Waals surface area contributed by atoms with Crippen molar-refractivity contribution >= 4 is 43.2 Å². The first kappa shape index (κ1) is 9.37. The van der Waals surface area contributed by atoms with E-state index in [9.17, 15) is 0 Å². The van der Waals surface area contributed by atoms with Gasteiger partial charge >= 0.3 is 0 Å². The van der Waals surface area contributed by atoms with E-state index in [4.69, 9.17) is 0 Å². The Morgan fingerprint density at radius 3 is 2.69 bits per heavy atom. The number of rotatable bonds is 1. The van der Waals surface area contributed by atoms with Gasteiger partial charge in [0.15, 0.2) is 0 Å². The van der Waals surface area contributed by atoms with E-state index in [1.165, 1.54) is 5.56 Å². The summed E-state index contributed by atoms with van der Waals surface area (Å²) in [6.45, 7) is 0. The highest BCUT2D eigenvalue weighted by Crippen LogP contribution is 2.27. The highest BCUT2D eigenvalue weighted by atomic mass is 79.9. The lowest BCUT2D eigenvalue weighted by Gasteiger charge is -1.99. The molecule has 0 aliphatic rings. The van der Waals surface area contributed by atoms with Crippen molar-refractivity contribution in [1.29, 1.82) is 0 Å². The van der Waals surface area contributed by atoms with E-state index in [-0.39, 0.29) is 0 Å². The van der Waals surface area contributed by atoms with Crippen molar-refractivity contribution in [1.82, 2.24) is 4.98 Å². The van der Waals surface area contributed by atoms with Crippen molar-refractivity contribution in [3.8, 4) is 11.3 Å². The summed E-state index contributed by atoms with van der Waals surface area (Å²) in [4.78, 5) is 4.31. The zero-order chi connectivity index (χ0) is 9.26. The fourth-order valence-corrected chi connectivity index (χ4v) is 2.17. The van der Waals surface area contributed by atoms with Crippen molar-refractivity contribution in [2.75, 3.05) is 0 Å². The van der Waals surface area contributed by atoms with Gasteiger partial charge in [0, 0.05) is 21.6 Å². The second kappa shape index (κ2) is 3.90. The Balaban J connectivity index is 2.49. The van der Waals surface area contributed by atoms with Crippen molar-refractivity contribution in [3.63, 3.8) is 0 Å². The third-order valence-electron chi connectivity index (χ3n) is 1.63. The monoisotopic (exact) mass is 317 g/mol. The van der Waals surface area contributed by atoms with E-state index >= 15 is 0 Å². The maximum absolute atomic E-state index is 4.31. The van der Waals surface area contributed by atoms with Crippen molar-refractivity contribution in [2.24, 2.45) is 0 Å². The van der Waals surface area contributed by atoms with Crippen LogP contribution in [0.1, 0.15) is 0 Å². The topological polar surface area (TPSA) is 12.9 Å². The van der Waals surface area contributed by atoms with Crippen LogP contribution in [0.5, 0.6) is 0 Å². The molecule has 0 bridgehead atoms. The largest absolute Gasteiger partial charge is 0.255 e. The maximum Gasteiger partial charge on any atom is 0.0722 e. The molecule has 0 aliphatic carbocycles. The molecule has 0 unspecified atom stereocenters. The zero-order valence-electron chi connectivity index (χ0n) is 6.50. The van der Waals surface area contributed by atoms with Gasteiger partial charge in [-0.2, -0.15) is 11.3 Å². The molecule has 0 saturated heterocycles. The molecule has 0 radical (unpaired) electrons. The molecule has 13 heavy (non-hydrogen) atoms. The number of hydrogen-bond acceptors (Lipinski definition) is 2. The molecule has 0 aromatic carbocycles. The molecular weight excluding hydrogens is 314 g/mol. The Morgan fingerprint density at radius 2 is 2.08 bits per heavy atom. The number of aromatic nitrogens is 1. The SMILES string of the molecule is Brc1cnc(-c2ccsc2)cc1Br. The summed E-state index contributed by atoms with van der Waals surface area (Å²) < 4.78 is 2.01. The van der Waals surface area contributed by atoms with E-state index in [0.717, 1.165) is 14.6 Å². The molecule has 0 fully saturated rings. The molecule has 4 heteroatoms. The lowest BCUT2D eigenvalue weighted by Crippen LogP contribution is -1.81. The Morgan fingerprint density at radius 1 is 1.23 bits per heavy atom. The summed E-state index contributed by atoms with van der Waals surface area (Å²) in [6.07, 6.45) is 1.80. The van der Waals surface area contributed by atoms with Crippen molar-refractivity contribution in [2.45, 2.75) is 0 Å². The van der Waals surface area contributed by atoms with Crippen LogP contribution < -0.4 is 0 Å². The van der Waals surface area contributed by atoms with Gasteiger partial charge in [0.25, 0.3) is 0 Å². The number of thiophene rings is 1. The molecular formula is C9H5Br2NS. The highest BCUT2D eigenvalue weighted by molar-refractivity contribution is 9.13. The van der Waals surface area contributed by atoms with E-state index in [1.807, 2.05) is 11.4 Å². The van der Waals surface area contributed by atoms with Crippen LogP contribution in [0.4, 0.5) is 0 Å². The summed E-state index contributed by atoms with van der Waals surface area (Å²) in [7, 11) is 0. The van der Waals surface area contributed by atoms with Crippen LogP contribution in [0.3, 0.4) is 0 Å². The lowest BCUT2D eigenvalue weighted by atomic mass is 10.2. The van der Waals surface area contributed by atoms with Crippen LogP contribution in [0, 0.1) is 0 Å². The minimum atomic E-state index is 0.978. The van der Waals surface area contributed by atoms with Gasteiger partial charge in [-0.15, -0.1) is 0 Å². The van der Waals surface area contributed by atoms with Crippen LogP contribution in [0.2, 0.25) is 0 Å². The molecule has 2 aromatic rings. The third-order valence-corrected chi connectivity index (χ3v) is 4.13. The maximum atomic E-state index is 4.31. The summed E-state index contributed by atoms with van der Waals surface area (Å²) in [6, 6.07) is 4.07. The number of hydrogen-bond donors (Lipinski definition) is 0. The average molecular weight is 319 g/mol. The summed E-state index contributed by atoms with van der Waals surface area (Å²) in [5, 5.41) is 4.13. The smallest absolute Gasteiger partial charge is 0.0722 e. The second-order valence-electron chi connectivity index (χ2n) is 2.50. The average Bonchev–Trinajstić information content (AvgIpc) is 2.62. The number of halogens is 2. The molecule has 0 N–H and O–H groups in total. The standard InChI is InChI=1S/C9H5Br2NS/c10-7-3-9(12-4-8(7)11)6-1-2-13-5-6/h1-5H. The van der Waals surface area contributed by atoms with E-state index in [0.29, 0.717) is 0 Å². The van der Waals surface area contributed by atoms with Gasteiger partial charge in [-0.25, -0.2) is 0 Å². The van der Waals surface area contributed by atoms with Gasteiger partial charge in [-0.1, -0.05) is 0 Å². The molecule has 0 spiro atoms. The lowest BCUT2D eigenvalue weighted by molar-refractivity contribution is 1.30. The van der Waals surface area contributed by atoms with Crippen LogP contribution in [0.25, 0.3) is 11.3 Å². The summed E-state index contributed by atoms with van der Waals surface area (Å²) >= 11 is 8.51. The Labute approximate surface area is 97.1 Å². The van der Waals surface area contributed by atoms with Gasteiger partial charge in [0.05, 0.1) is 10.2 Å². The highest BCUT2D eigenvalue weighted by Gasteiger charge is 2.02. The fraction of sp³-hybridized carbons (Fsp3) is 0. The van der Waals surface area contributed by atoms with E-state index in [1.54, 1.807) is 17.5 Å². The predicted octanol–water partition coefficient (Wildman–Crippen LogP) is 4.34. The van der Waals surface area contributed by atoms with Crippen LogP contribution >= 0.6 is 43.2 Å². The van der Waals surface area contributed by atoms with Gasteiger partial charge < -0.3 is 0 Å². The first-order valence-corrected chi connectivity index (χ1v) is 6.14. The molecule has 1 nitrogen and oxygen atoms in total. The molecule has 0 amide bonds. The van der Waals surface area contributed by atoms with Crippen LogP contribution in [-0.4, -0.2) is 4.98 Å². The first-order valence-electron chi connectivity index (χ1n) is 3.61. The van der Waals surface area contributed by atoms with Crippen molar-refractivity contribution < 1.29 is 0 Å². The van der Waals surface area contributed by atoms with Crippen LogP contribution in [0.15, 0.2) is 38.0 Å². The minimum absolute atomic E-state index is 0.978. The summed E-state index contributed by atoms with van der Waals surface area (Å²) in [5.74, 6) is 0. The molecule has 2 rings (SSSR count). The second-order valence-corrected chi connectivity index (χ2v) is 4.98. The normalized spacial score (nSPS) is 10.3. The molecule has 0 atom stereocenters. The third kappa shape index (κ3) is 2.00. The van der Waals surface area contributed by atoms with Crippen LogP contribution in [-0.2, 0) is 0 Å². The quantitative estimate of drug-likeness (QED) is 0.762. The Bertz CT molecular complexity index is 412. The van der Waals surface area contributed by atoms with E-state index in [2.05, 4.69) is 48.3 Å². The van der Waals surface area contributed by atoms with Gasteiger partial charge in [0.1, 0.15) is 0 Å². The van der Waals surface area contributed by atoms with E-state index < -0.39 is 0 Å². The van der Waals surface area contributed by atoms with Gasteiger partial charge in [0.2, 0.25) is 0 Å². The minimum Gasteiger partial charge on any atom is -0.255 e. The molecule has 0 aliphatic heterocycles. The number of nitrogens with zero attached hydrogens (tertiary/aromatic N) is 1. The first-order chi connectivity index (χ1) is 6.27. The molecule has 0 saturated carbocycles. The predicted molar refractivity (Wildman–Crippen MR) is 63.0 cm³/mol. The molecule has 66 valence electrons. The fourth-order valence-electron chi connectivity index (χ4n) is 0.982. The zero-order valence-corrected chi connectivity index (χ0v) is 10.5. The van der Waals surface area contributed by atoms with Gasteiger partial charge in [-0.3, -0.25) is 4.98 Å². The molecule has 2 aromatic heterocycles. The Kier molecular flexibility index (Phi) is 2.81. The van der Waals surface area contributed by atoms with Crippen molar-refractivity contribution in [3.05, 3.63) is 38.0 Å².